The van der Waals surface area contributed by atoms with E-state index in [1.807, 2.05) is 0 Å². The molecule has 108 valence electrons. The molecule has 0 aromatic carbocycles. The van der Waals surface area contributed by atoms with Gasteiger partial charge in [-0.25, -0.2) is 4.98 Å². The molecule has 19 heavy (non-hydrogen) atoms. The van der Waals surface area contributed by atoms with E-state index in [9.17, 15) is 13.2 Å². The van der Waals surface area contributed by atoms with Crippen molar-refractivity contribution in [3.8, 4) is 0 Å². The first-order valence-corrected chi connectivity index (χ1v) is 5.90. The largest absolute Gasteiger partial charge is 0.416 e. The van der Waals surface area contributed by atoms with Crippen molar-refractivity contribution < 1.29 is 18.3 Å². The van der Waals surface area contributed by atoms with Gasteiger partial charge in [0.2, 0.25) is 0 Å². The SMILES string of the molecule is CCNc1cc(C(F)(F)F)cc(NC(C)(C)CO)n1. The number of aliphatic hydroxyl groups excluding tert-OH is 1. The van der Waals surface area contributed by atoms with Crippen LogP contribution in [-0.4, -0.2) is 28.8 Å². The van der Waals surface area contributed by atoms with Crippen LogP contribution in [0.4, 0.5) is 24.8 Å². The van der Waals surface area contributed by atoms with Crippen LogP contribution in [0.1, 0.15) is 26.3 Å². The van der Waals surface area contributed by atoms with Gasteiger partial charge in [-0.3, -0.25) is 0 Å². The number of pyridine rings is 1. The number of hydrogen-bond acceptors (Lipinski definition) is 4. The van der Waals surface area contributed by atoms with Crippen LogP contribution in [0.25, 0.3) is 0 Å². The number of aromatic nitrogens is 1. The van der Waals surface area contributed by atoms with E-state index < -0.39 is 17.3 Å². The van der Waals surface area contributed by atoms with Gasteiger partial charge < -0.3 is 15.7 Å². The van der Waals surface area contributed by atoms with Crippen molar-refractivity contribution in [2.75, 3.05) is 23.8 Å². The van der Waals surface area contributed by atoms with Crippen LogP contribution >= 0.6 is 0 Å². The van der Waals surface area contributed by atoms with E-state index in [4.69, 9.17) is 5.11 Å². The summed E-state index contributed by atoms with van der Waals surface area (Å²) in [6.07, 6.45) is -4.44. The highest BCUT2D eigenvalue weighted by Crippen LogP contribution is 2.32. The molecule has 0 aliphatic rings. The Labute approximate surface area is 110 Å². The van der Waals surface area contributed by atoms with E-state index in [1.54, 1.807) is 20.8 Å². The molecule has 3 N–H and O–H groups in total. The quantitative estimate of drug-likeness (QED) is 0.774. The van der Waals surface area contributed by atoms with Crippen molar-refractivity contribution in [2.45, 2.75) is 32.5 Å². The van der Waals surface area contributed by atoms with Crippen LogP contribution in [0.2, 0.25) is 0 Å². The predicted molar refractivity (Wildman–Crippen MR) is 68.2 cm³/mol. The van der Waals surface area contributed by atoms with Crippen molar-refractivity contribution in [1.82, 2.24) is 4.98 Å². The second kappa shape index (κ2) is 5.64. The summed E-state index contributed by atoms with van der Waals surface area (Å²) in [6.45, 7) is 5.36. The van der Waals surface area contributed by atoms with Gasteiger partial charge in [-0.05, 0) is 32.9 Å². The van der Waals surface area contributed by atoms with Gasteiger partial charge in [-0.2, -0.15) is 13.2 Å². The molecule has 1 aromatic heterocycles. The molecule has 0 saturated carbocycles. The number of alkyl halides is 3. The molecule has 1 heterocycles. The summed E-state index contributed by atoms with van der Waals surface area (Å²) in [4.78, 5) is 4.04. The number of halogens is 3. The van der Waals surface area contributed by atoms with E-state index in [0.29, 0.717) is 6.54 Å². The second-order valence-corrected chi connectivity index (χ2v) is 4.82. The molecule has 0 amide bonds. The Morgan fingerprint density at radius 3 is 2.26 bits per heavy atom. The summed E-state index contributed by atoms with van der Waals surface area (Å²) in [5, 5.41) is 14.7. The first-order chi connectivity index (χ1) is 8.68. The monoisotopic (exact) mass is 277 g/mol. The van der Waals surface area contributed by atoms with Crippen LogP contribution in [0.5, 0.6) is 0 Å². The molecule has 0 saturated heterocycles. The van der Waals surface area contributed by atoms with E-state index >= 15 is 0 Å². The Morgan fingerprint density at radius 1 is 1.21 bits per heavy atom. The number of nitrogens with one attached hydrogen (secondary N) is 2. The van der Waals surface area contributed by atoms with E-state index in [-0.39, 0.29) is 18.2 Å². The van der Waals surface area contributed by atoms with Gasteiger partial charge >= 0.3 is 6.18 Å². The zero-order chi connectivity index (χ0) is 14.7. The van der Waals surface area contributed by atoms with Gasteiger partial charge in [0.25, 0.3) is 0 Å². The van der Waals surface area contributed by atoms with Crippen molar-refractivity contribution in [3.63, 3.8) is 0 Å². The third-order valence-corrected chi connectivity index (χ3v) is 2.37. The van der Waals surface area contributed by atoms with Gasteiger partial charge in [0.15, 0.2) is 0 Å². The molecule has 0 spiro atoms. The Morgan fingerprint density at radius 2 is 1.79 bits per heavy atom. The Bertz CT molecular complexity index is 433. The Balaban J connectivity index is 3.13. The highest BCUT2D eigenvalue weighted by molar-refractivity contribution is 5.50. The van der Waals surface area contributed by atoms with Gasteiger partial charge in [-0.1, -0.05) is 0 Å². The van der Waals surface area contributed by atoms with E-state index in [2.05, 4.69) is 15.6 Å². The molecule has 0 aliphatic carbocycles. The first-order valence-electron chi connectivity index (χ1n) is 5.90. The van der Waals surface area contributed by atoms with Crippen LogP contribution in [-0.2, 0) is 6.18 Å². The van der Waals surface area contributed by atoms with Gasteiger partial charge in [0.1, 0.15) is 11.6 Å². The molecule has 0 aliphatic heterocycles. The lowest BCUT2D eigenvalue weighted by Gasteiger charge is -2.25. The Hall–Kier alpha value is -1.50. The van der Waals surface area contributed by atoms with Gasteiger partial charge in [-0.15, -0.1) is 0 Å². The smallest absolute Gasteiger partial charge is 0.394 e. The zero-order valence-corrected chi connectivity index (χ0v) is 11.1. The van der Waals surface area contributed by atoms with Gasteiger partial charge in [0.05, 0.1) is 17.7 Å². The number of aliphatic hydroxyl groups is 1. The van der Waals surface area contributed by atoms with Crippen molar-refractivity contribution in [1.29, 1.82) is 0 Å². The van der Waals surface area contributed by atoms with Crippen molar-refractivity contribution in [2.24, 2.45) is 0 Å². The van der Waals surface area contributed by atoms with Crippen molar-refractivity contribution >= 4 is 11.6 Å². The number of rotatable bonds is 5. The normalized spacial score (nSPS) is 12.4. The van der Waals surface area contributed by atoms with E-state index in [1.165, 1.54) is 0 Å². The number of hydrogen-bond donors (Lipinski definition) is 3. The maximum absolute atomic E-state index is 12.8. The molecule has 1 rings (SSSR count). The molecule has 7 heteroatoms. The highest BCUT2D eigenvalue weighted by Gasteiger charge is 2.32. The van der Waals surface area contributed by atoms with E-state index in [0.717, 1.165) is 12.1 Å². The van der Waals surface area contributed by atoms with Crippen LogP contribution < -0.4 is 10.6 Å². The molecule has 4 nitrogen and oxygen atoms in total. The van der Waals surface area contributed by atoms with Crippen molar-refractivity contribution in [3.05, 3.63) is 17.7 Å². The molecule has 1 aromatic rings. The van der Waals surface area contributed by atoms with Gasteiger partial charge in [0, 0.05) is 6.54 Å². The highest BCUT2D eigenvalue weighted by atomic mass is 19.4. The average molecular weight is 277 g/mol. The maximum atomic E-state index is 12.8. The molecule has 0 unspecified atom stereocenters. The van der Waals surface area contributed by atoms with Crippen LogP contribution in [0, 0.1) is 0 Å². The summed E-state index contributed by atoms with van der Waals surface area (Å²) in [5.74, 6) is 0.221. The summed E-state index contributed by atoms with van der Waals surface area (Å²) >= 11 is 0. The third-order valence-electron chi connectivity index (χ3n) is 2.37. The maximum Gasteiger partial charge on any atom is 0.416 e. The first kappa shape index (κ1) is 15.6. The lowest BCUT2D eigenvalue weighted by atomic mass is 10.1. The zero-order valence-electron chi connectivity index (χ0n) is 11.1. The Kier molecular flexibility index (Phi) is 4.62. The standard InChI is InChI=1S/C12H18F3N3O/c1-4-16-9-5-8(12(13,14)15)6-10(17-9)18-11(2,3)7-19/h5-6,19H,4,7H2,1-3H3,(H2,16,17,18). The fraction of sp³-hybridized carbons (Fsp3) is 0.583. The molecule has 0 bridgehead atoms. The number of anilines is 2. The lowest BCUT2D eigenvalue weighted by Crippen LogP contribution is -2.35. The predicted octanol–water partition coefficient (Wildman–Crippen LogP) is 2.72. The fourth-order valence-electron chi connectivity index (χ4n) is 1.42. The third kappa shape index (κ3) is 4.59. The summed E-state index contributed by atoms with van der Waals surface area (Å²) in [6, 6.07) is 1.89. The molecular weight excluding hydrogens is 259 g/mol. The molecule has 0 fully saturated rings. The molecular formula is C12H18F3N3O. The molecule has 0 atom stereocenters. The van der Waals surface area contributed by atoms with Crippen LogP contribution in [0.15, 0.2) is 12.1 Å². The second-order valence-electron chi connectivity index (χ2n) is 4.82. The van der Waals surface area contributed by atoms with Crippen LogP contribution in [0.3, 0.4) is 0 Å². The summed E-state index contributed by atoms with van der Waals surface area (Å²) in [7, 11) is 0. The topological polar surface area (TPSA) is 57.2 Å². The number of nitrogens with zero attached hydrogens (tertiary/aromatic N) is 1. The minimum atomic E-state index is -4.44. The lowest BCUT2D eigenvalue weighted by molar-refractivity contribution is -0.137. The molecule has 0 radical (unpaired) electrons. The fourth-order valence-corrected chi connectivity index (χ4v) is 1.42. The minimum Gasteiger partial charge on any atom is -0.394 e. The summed E-state index contributed by atoms with van der Waals surface area (Å²) in [5.41, 5.74) is -1.53. The summed E-state index contributed by atoms with van der Waals surface area (Å²) < 4.78 is 38.3. The minimum absolute atomic E-state index is 0.0739. The average Bonchev–Trinajstić information content (AvgIpc) is 2.27.